The molecule has 0 saturated heterocycles. The maximum Gasteiger partial charge on any atom is 0.230 e. The fraction of sp³-hybridized carbons (Fsp3) is 0.111. The molecule has 0 bridgehead atoms. The number of para-hydroxylation sites is 1. The molecule has 0 unspecified atom stereocenters. The van der Waals surface area contributed by atoms with E-state index in [2.05, 4.69) is 10.3 Å². The highest BCUT2D eigenvalue weighted by molar-refractivity contribution is 7.14. The number of anilines is 1. The van der Waals surface area contributed by atoms with Gasteiger partial charge >= 0.3 is 0 Å². The number of thiazole rings is 1. The number of nitrogens with one attached hydrogen (secondary N) is 1. The summed E-state index contributed by atoms with van der Waals surface area (Å²) in [5.74, 6) is -0.187. The summed E-state index contributed by atoms with van der Waals surface area (Å²) in [5.41, 5.74) is 1.70. The Morgan fingerprint density at radius 1 is 1.28 bits per heavy atom. The highest BCUT2D eigenvalue weighted by atomic mass is 35.5. The summed E-state index contributed by atoms with van der Waals surface area (Å²) >= 11 is 7.23. The molecular weight excluding hydrogens is 363 g/mol. The van der Waals surface area contributed by atoms with Crippen LogP contribution in [0.2, 0.25) is 5.02 Å². The van der Waals surface area contributed by atoms with Gasteiger partial charge < -0.3 is 10.1 Å². The van der Waals surface area contributed by atoms with Crippen molar-refractivity contribution >= 4 is 34.0 Å². The standard InChI is InChI=1S/C18H14ClFN2O2S/c1-24-16-8-3-2-5-11(16)15-10-25-18(21-15)22-17(23)9-12-13(19)6-4-7-14(12)20/h2-8,10H,9H2,1H3,(H,21,22,23). The van der Waals surface area contributed by atoms with E-state index < -0.39 is 5.82 Å². The van der Waals surface area contributed by atoms with Crippen LogP contribution in [-0.2, 0) is 11.2 Å². The Kier molecular flexibility index (Phi) is 5.31. The van der Waals surface area contributed by atoms with E-state index in [-0.39, 0.29) is 22.9 Å². The summed E-state index contributed by atoms with van der Waals surface area (Å²) in [6, 6.07) is 11.8. The molecule has 1 heterocycles. The Balaban J connectivity index is 1.74. The van der Waals surface area contributed by atoms with E-state index in [0.29, 0.717) is 16.6 Å². The van der Waals surface area contributed by atoms with Crippen LogP contribution >= 0.6 is 22.9 Å². The third kappa shape index (κ3) is 3.97. The quantitative estimate of drug-likeness (QED) is 0.696. The molecule has 0 spiro atoms. The topological polar surface area (TPSA) is 51.2 Å². The van der Waals surface area contributed by atoms with E-state index in [4.69, 9.17) is 16.3 Å². The minimum atomic E-state index is -0.503. The first kappa shape index (κ1) is 17.4. The van der Waals surface area contributed by atoms with E-state index in [1.807, 2.05) is 29.6 Å². The number of nitrogens with zero attached hydrogens (tertiary/aromatic N) is 1. The van der Waals surface area contributed by atoms with Crippen molar-refractivity contribution in [2.75, 3.05) is 12.4 Å². The van der Waals surface area contributed by atoms with E-state index in [9.17, 15) is 9.18 Å². The predicted molar refractivity (Wildman–Crippen MR) is 97.8 cm³/mol. The summed E-state index contributed by atoms with van der Waals surface area (Å²) < 4.78 is 19.1. The molecule has 3 aromatic rings. The van der Waals surface area contributed by atoms with Gasteiger partial charge in [-0.2, -0.15) is 0 Å². The first-order valence-corrected chi connectivity index (χ1v) is 8.66. The number of hydrogen-bond donors (Lipinski definition) is 1. The number of methoxy groups -OCH3 is 1. The van der Waals surface area contributed by atoms with Crippen LogP contribution in [-0.4, -0.2) is 18.0 Å². The van der Waals surface area contributed by atoms with Crippen molar-refractivity contribution in [3.8, 4) is 17.0 Å². The number of halogens is 2. The normalized spacial score (nSPS) is 10.5. The van der Waals surface area contributed by atoms with Crippen molar-refractivity contribution in [1.29, 1.82) is 0 Å². The molecule has 1 N–H and O–H groups in total. The van der Waals surface area contributed by atoms with E-state index in [1.165, 1.54) is 23.5 Å². The first-order chi connectivity index (χ1) is 12.1. The molecule has 0 radical (unpaired) electrons. The van der Waals surface area contributed by atoms with Crippen molar-refractivity contribution in [2.45, 2.75) is 6.42 Å². The molecule has 4 nitrogen and oxygen atoms in total. The Labute approximate surface area is 153 Å². The van der Waals surface area contributed by atoms with Crippen LogP contribution in [0.25, 0.3) is 11.3 Å². The predicted octanol–water partition coefficient (Wildman–Crippen LogP) is 4.79. The van der Waals surface area contributed by atoms with Gasteiger partial charge in [0.25, 0.3) is 0 Å². The minimum Gasteiger partial charge on any atom is -0.496 e. The van der Waals surface area contributed by atoms with Crippen LogP contribution < -0.4 is 10.1 Å². The highest BCUT2D eigenvalue weighted by Gasteiger charge is 2.14. The lowest BCUT2D eigenvalue weighted by Crippen LogP contribution is -2.15. The number of benzene rings is 2. The molecular formula is C18H14ClFN2O2S. The van der Waals surface area contributed by atoms with Gasteiger partial charge in [0.2, 0.25) is 5.91 Å². The summed E-state index contributed by atoms with van der Waals surface area (Å²) in [6.45, 7) is 0. The largest absolute Gasteiger partial charge is 0.496 e. The number of rotatable bonds is 5. The molecule has 1 amide bonds. The summed E-state index contributed by atoms with van der Waals surface area (Å²) in [4.78, 5) is 16.6. The van der Waals surface area contributed by atoms with Gasteiger partial charge in [-0.15, -0.1) is 11.3 Å². The van der Waals surface area contributed by atoms with E-state index in [0.717, 1.165) is 5.56 Å². The smallest absolute Gasteiger partial charge is 0.230 e. The van der Waals surface area contributed by atoms with Gasteiger partial charge in [0.05, 0.1) is 19.2 Å². The molecule has 0 aliphatic heterocycles. The number of hydrogen-bond acceptors (Lipinski definition) is 4. The van der Waals surface area contributed by atoms with Gasteiger partial charge in [-0.1, -0.05) is 29.8 Å². The lowest BCUT2D eigenvalue weighted by Gasteiger charge is -2.06. The highest BCUT2D eigenvalue weighted by Crippen LogP contribution is 2.32. The number of carbonyl (C=O) groups is 1. The SMILES string of the molecule is COc1ccccc1-c1csc(NC(=O)Cc2c(F)cccc2Cl)n1. The molecule has 2 aromatic carbocycles. The van der Waals surface area contributed by atoms with Crippen LogP contribution in [0, 0.1) is 5.82 Å². The number of carbonyl (C=O) groups excluding carboxylic acids is 1. The fourth-order valence-electron chi connectivity index (χ4n) is 2.34. The Morgan fingerprint density at radius 3 is 2.84 bits per heavy atom. The minimum absolute atomic E-state index is 0.158. The van der Waals surface area contributed by atoms with Crippen molar-refractivity contribution in [2.24, 2.45) is 0 Å². The average Bonchev–Trinajstić information content (AvgIpc) is 3.06. The zero-order chi connectivity index (χ0) is 17.8. The van der Waals surface area contributed by atoms with Gasteiger partial charge in [0.1, 0.15) is 11.6 Å². The lowest BCUT2D eigenvalue weighted by atomic mass is 10.1. The van der Waals surface area contributed by atoms with Crippen molar-refractivity contribution in [3.05, 3.63) is 64.2 Å². The molecule has 25 heavy (non-hydrogen) atoms. The van der Waals surface area contributed by atoms with E-state index in [1.54, 1.807) is 13.2 Å². The molecule has 0 atom stereocenters. The molecule has 0 aliphatic rings. The molecule has 0 aliphatic carbocycles. The first-order valence-electron chi connectivity index (χ1n) is 7.40. The van der Waals surface area contributed by atoms with E-state index >= 15 is 0 Å². The molecule has 128 valence electrons. The lowest BCUT2D eigenvalue weighted by molar-refractivity contribution is -0.115. The molecule has 0 saturated carbocycles. The van der Waals surface area contributed by atoms with Crippen LogP contribution in [0.15, 0.2) is 47.8 Å². The summed E-state index contributed by atoms with van der Waals surface area (Å²) in [5, 5.41) is 5.15. The van der Waals surface area contributed by atoms with Crippen molar-refractivity contribution in [3.63, 3.8) is 0 Å². The average molecular weight is 377 g/mol. The molecule has 7 heteroatoms. The van der Waals surface area contributed by atoms with Crippen molar-refractivity contribution < 1.29 is 13.9 Å². The monoisotopic (exact) mass is 376 g/mol. The van der Waals surface area contributed by atoms with Crippen LogP contribution in [0.4, 0.5) is 9.52 Å². The Hall–Kier alpha value is -2.44. The van der Waals surface area contributed by atoms with Gasteiger partial charge in [-0.05, 0) is 24.3 Å². The molecule has 1 aromatic heterocycles. The molecule has 0 fully saturated rings. The second-order valence-corrected chi connectivity index (χ2v) is 6.43. The second-order valence-electron chi connectivity index (χ2n) is 5.16. The zero-order valence-corrected chi connectivity index (χ0v) is 14.8. The molecule has 3 rings (SSSR count). The zero-order valence-electron chi connectivity index (χ0n) is 13.3. The van der Waals surface area contributed by atoms with Gasteiger partial charge in [0.15, 0.2) is 5.13 Å². The third-order valence-corrected chi connectivity index (χ3v) is 4.64. The Morgan fingerprint density at radius 2 is 2.08 bits per heavy atom. The number of ether oxygens (including phenoxy) is 1. The van der Waals surface area contributed by atoms with Gasteiger partial charge in [0, 0.05) is 21.5 Å². The maximum atomic E-state index is 13.8. The van der Waals surface area contributed by atoms with Crippen LogP contribution in [0.1, 0.15) is 5.56 Å². The second kappa shape index (κ2) is 7.63. The Bertz CT molecular complexity index is 893. The maximum absolute atomic E-state index is 13.8. The number of amides is 1. The van der Waals surface area contributed by atoms with Crippen molar-refractivity contribution in [1.82, 2.24) is 4.98 Å². The van der Waals surface area contributed by atoms with Crippen LogP contribution in [0.5, 0.6) is 5.75 Å². The van der Waals surface area contributed by atoms with Gasteiger partial charge in [-0.25, -0.2) is 9.37 Å². The van der Waals surface area contributed by atoms with Gasteiger partial charge in [-0.3, -0.25) is 4.79 Å². The van der Waals surface area contributed by atoms with Crippen LogP contribution in [0.3, 0.4) is 0 Å². The number of aromatic nitrogens is 1. The summed E-state index contributed by atoms with van der Waals surface area (Å²) in [7, 11) is 1.59. The summed E-state index contributed by atoms with van der Waals surface area (Å²) in [6.07, 6.45) is -0.158. The fourth-order valence-corrected chi connectivity index (χ4v) is 3.29. The third-order valence-electron chi connectivity index (χ3n) is 3.53.